The molecule has 0 aliphatic heterocycles. The normalized spacial score (nSPS) is 12.8. The summed E-state index contributed by atoms with van der Waals surface area (Å²) in [5, 5.41) is 12.1. The van der Waals surface area contributed by atoms with Crippen molar-refractivity contribution >= 4 is 29.1 Å². The predicted octanol–water partition coefficient (Wildman–Crippen LogP) is 0.146. The van der Waals surface area contributed by atoms with Crippen molar-refractivity contribution in [1.29, 1.82) is 0 Å². The fraction of sp³-hybridized carbons (Fsp3) is 0.400. The summed E-state index contributed by atoms with van der Waals surface area (Å²) in [6.45, 7) is 0. The van der Waals surface area contributed by atoms with Crippen LogP contribution in [0.25, 0.3) is 0 Å². The molecule has 0 aromatic carbocycles. The van der Waals surface area contributed by atoms with E-state index in [1.54, 1.807) is 0 Å². The summed E-state index contributed by atoms with van der Waals surface area (Å²) in [5.41, 5.74) is 5.70. The smallest absolute Gasteiger partial charge is 0.320 e. The van der Waals surface area contributed by atoms with E-state index in [2.05, 4.69) is 9.59 Å². The maximum atomic E-state index is 10.3. The minimum absolute atomic E-state index is 0.116. The lowest BCUT2D eigenvalue weighted by Gasteiger charge is -2.01. The number of nitrogens with zero attached hydrogens (tertiary/aromatic N) is 2. The molecule has 12 heavy (non-hydrogen) atoms. The molecule has 0 aliphatic carbocycles. The Morgan fingerprint density at radius 2 is 2.50 bits per heavy atom. The minimum atomic E-state index is -1.07. The zero-order valence-corrected chi connectivity index (χ0v) is 7.47. The Kier molecular flexibility index (Phi) is 2.96. The van der Waals surface area contributed by atoms with Gasteiger partial charge in [0, 0.05) is 18.0 Å². The van der Waals surface area contributed by atoms with Gasteiger partial charge in [0.15, 0.2) is 0 Å². The highest BCUT2D eigenvalue weighted by atomic mass is 35.5. The van der Waals surface area contributed by atoms with E-state index in [0.717, 1.165) is 11.5 Å². The van der Waals surface area contributed by atoms with Crippen LogP contribution >= 0.6 is 23.1 Å². The van der Waals surface area contributed by atoms with Gasteiger partial charge in [-0.1, -0.05) is 16.1 Å². The van der Waals surface area contributed by atoms with Gasteiger partial charge in [-0.05, 0) is 0 Å². The molecule has 66 valence electrons. The molecule has 1 unspecified atom stereocenters. The lowest BCUT2D eigenvalue weighted by molar-refractivity contribution is -0.138. The summed E-state index contributed by atoms with van der Waals surface area (Å²) in [6, 6.07) is -0.966. The van der Waals surface area contributed by atoms with Gasteiger partial charge in [-0.25, -0.2) is 0 Å². The monoisotopic (exact) mass is 207 g/mol. The largest absolute Gasteiger partial charge is 0.480 e. The molecule has 1 aromatic heterocycles. The molecule has 0 bridgehead atoms. The summed E-state index contributed by atoms with van der Waals surface area (Å²) >= 11 is 6.65. The average Bonchev–Trinajstić information content (AvgIpc) is 2.36. The van der Waals surface area contributed by atoms with Crippen LogP contribution < -0.4 is 5.73 Å². The van der Waals surface area contributed by atoms with Crippen molar-refractivity contribution in [1.82, 2.24) is 9.59 Å². The molecule has 1 atom stereocenters. The third-order valence-electron chi connectivity index (χ3n) is 1.24. The molecular weight excluding hydrogens is 202 g/mol. The number of hydrogen-bond donors (Lipinski definition) is 2. The Morgan fingerprint density at radius 1 is 1.83 bits per heavy atom. The van der Waals surface area contributed by atoms with Crippen LogP contribution in [0.1, 0.15) is 5.69 Å². The minimum Gasteiger partial charge on any atom is -0.480 e. The van der Waals surface area contributed by atoms with E-state index in [0.29, 0.717) is 10.0 Å². The number of aromatic nitrogens is 2. The molecule has 0 saturated heterocycles. The van der Waals surface area contributed by atoms with Crippen LogP contribution in [0, 0.1) is 0 Å². The van der Waals surface area contributed by atoms with Crippen LogP contribution in [-0.4, -0.2) is 26.7 Å². The van der Waals surface area contributed by atoms with E-state index < -0.39 is 12.0 Å². The molecule has 7 heteroatoms. The third-order valence-corrected chi connectivity index (χ3v) is 2.22. The van der Waals surface area contributed by atoms with E-state index in [-0.39, 0.29) is 6.42 Å². The van der Waals surface area contributed by atoms with Crippen LogP contribution in [0.4, 0.5) is 0 Å². The third kappa shape index (κ3) is 2.13. The number of aliphatic carboxylic acids is 1. The lowest BCUT2D eigenvalue weighted by atomic mass is 10.2. The summed E-state index contributed by atoms with van der Waals surface area (Å²) < 4.78 is 3.94. The molecule has 0 fully saturated rings. The highest BCUT2D eigenvalue weighted by Crippen LogP contribution is 2.17. The summed E-state index contributed by atoms with van der Waals surface area (Å²) in [6.07, 6.45) is 0.116. The second-order valence-electron chi connectivity index (χ2n) is 2.14. The van der Waals surface area contributed by atoms with Crippen LogP contribution in [0.2, 0.25) is 4.34 Å². The number of carboxylic acids is 1. The van der Waals surface area contributed by atoms with E-state index in [9.17, 15) is 4.79 Å². The summed E-state index contributed by atoms with van der Waals surface area (Å²) in [7, 11) is 0. The molecule has 1 aromatic rings. The van der Waals surface area contributed by atoms with Gasteiger partial charge in [-0.3, -0.25) is 4.79 Å². The highest BCUT2D eigenvalue weighted by Gasteiger charge is 2.16. The topological polar surface area (TPSA) is 89.1 Å². The molecular formula is C5H6ClN3O2S. The van der Waals surface area contributed by atoms with Crippen molar-refractivity contribution in [2.75, 3.05) is 0 Å². The van der Waals surface area contributed by atoms with Gasteiger partial charge < -0.3 is 10.8 Å². The Hall–Kier alpha value is -0.720. The SMILES string of the molecule is NC(Cc1nnsc1Cl)C(=O)O. The van der Waals surface area contributed by atoms with Gasteiger partial charge in [-0.2, -0.15) is 0 Å². The average molecular weight is 208 g/mol. The lowest BCUT2D eigenvalue weighted by Crippen LogP contribution is -2.32. The highest BCUT2D eigenvalue weighted by molar-refractivity contribution is 7.10. The predicted molar refractivity (Wildman–Crippen MR) is 44.2 cm³/mol. The van der Waals surface area contributed by atoms with Crippen LogP contribution in [-0.2, 0) is 11.2 Å². The number of halogens is 1. The molecule has 0 amide bonds. The standard InChI is InChI=1S/C5H6ClN3O2S/c6-4-3(8-9-12-4)1-2(7)5(10)11/h2H,1,7H2,(H,10,11). The first-order valence-electron chi connectivity index (χ1n) is 3.06. The fourth-order valence-electron chi connectivity index (χ4n) is 0.614. The second kappa shape index (κ2) is 3.79. The Morgan fingerprint density at radius 3 is 2.92 bits per heavy atom. The van der Waals surface area contributed by atoms with Crippen molar-refractivity contribution in [3.05, 3.63) is 10.0 Å². The van der Waals surface area contributed by atoms with E-state index >= 15 is 0 Å². The molecule has 0 spiro atoms. The van der Waals surface area contributed by atoms with Crippen molar-refractivity contribution in [3.8, 4) is 0 Å². The van der Waals surface area contributed by atoms with Gasteiger partial charge in [0.05, 0.1) is 5.69 Å². The number of rotatable bonds is 3. The number of carbonyl (C=O) groups is 1. The van der Waals surface area contributed by atoms with Crippen LogP contribution in [0.3, 0.4) is 0 Å². The zero-order valence-electron chi connectivity index (χ0n) is 5.90. The van der Waals surface area contributed by atoms with Gasteiger partial charge in [0.25, 0.3) is 0 Å². The van der Waals surface area contributed by atoms with Gasteiger partial charge in [0.2, 0.25) is 0 Å². The van der Waals surface area contributed by atoms with E-state index in [1.807, 2.05) is 0 Å². The van der Waals surface area contributed by atoms with Crippen molar-refractivity contribution in [3.63, 3.8) is 0 Å². The summed E-state index contributed by atoms with van der Waals surface area (Å²) in [4.78, 5) is 10.3. The Labute approximate surface area is 77.3 Å². The number of carboxylic acid groups (broad SMARTS) is 1. The molecule has 1 rings (SSSR count). The Bertz CT molecular complexity index is 290. The first kappa shape index (κ1) is 9.37. The molecule has 3 N–H and O–H groups in total. The first-order chi connectivity index (χ1) is 5.61. The quantitative estimate of drug-likeness (QED) is 0.736. The van der Waals surface area contributed by atoms with Crippen molar-refractivity contribution in [2.45, 2.75) is 12.5 Å². The number of nitrogens with two attached hydrogens (primary N) is 1. The van der Waals surface area contributed by atoms with Gasteiger partial charge >= 0.3 is 5.97 Å². The fourth-order valence-corrected chi connectivity index (χ4v) is 1.26. The van der Waals surface area contributed by atoms with Crippen LogP contribution in [0.15, 0.2) is 0 Å². The number of hydrogen-bond acceptors (Lipinski definition) is 5. The van der Waals surface area contributed by atoms with Crippen molar-refractivity contribution < 1.29 is 9.90 Å². The molecule has 0 radical (unpaired) electrons. The van der Waals surface area contributed by atoms with E-state index in [1.165, 1.54) is 0 Å². The zero-order chi connectivity index (χ0) is 9.14. The molecule has 1 heterocycles. The maximum absolute atomic E-state index is 10.3. The molecule has 0 saturated carbocycles. The van der Waals surface area contributed by atoms with E-state index in [4.69, 9.17) is 22.4 Å². The maximum Gasteiger partial charge on any atom is 0.320 e. The Balaban J connectivity index is 2.64. The first-order valence-corrected chi connectivity index (χ1v) is 4.21. The van der Waals surface area contributed by atoms with Crippen LogP contribution in [0.5, 0.6) is 0 Å². The molecule has 5 nitrogen and oxygen atoms in total. The second-order valence-corrected chi connectivity index (χ2v) is 3.50. The van der Waals surface area contributed by atoms with Gasteiger partial charge in [0.1, 0.15) is 10.4 Å². The van der Waals surface area contributed by atoms with Crippen molar-refractivity contribution in [2.24, 2.45) is 5.73 Å². The van der Waals surface area contributed by atoms with Gasteiger partial charge in [-0.15, -0.1) is 5.10 Å². The molecule has 0 aliphatic rings. The summed E-state index contributed by atoms with van der Waals surface area (Å²) in [5.74, 6) is -1.07.